The molecule has 0 aliphatic heterocycles. The van der Waals surface area contributed by atoms with Gasteiger partial charge >= 0.3 is 0 Å². The molecule has 0 bridgehead atoms. The Morgan fingerprint density at radius 1 is 1.00 bits per heavy atom. The molecule has 30 heavy (non-hydrogen) atoms. The average Bonchev–Trinajstić information content (AvgIpc) is 2.79. The maximum atomic E-state index is 12.2. The molecule has 1 saturated carbocycles. The summed E-state index contributed by atoms with van der Waals surface area (Å²) in [5, 5.41) is 2.86. The van der Waals surface area contributed by atoms with Crippen molar-refractivity contribution < 1.29 is 19.0 Å². The molecule has 5 nitrogen and oxygen atoms in total. The van der Waals surface area contributed by atoms with Gasteiger partial charge in [0.2, 0.25) is 5.91 Å². The van der Waals surface area contributed by atoms with Crippen LogP contribution in [0, 0.1) is 5.92 Å². The summed E-state index contributed by atoms with van der Waals surface area (Å²) in [4.78, 5) is 12.2. The van der Waals surface area contributed by atoms with Crippen molar-refractivity contribution in [3.8, 4) is 17.2 Å². The molecule has 1 aliphatic carbocycles. The fraction of sp³-hybridized carbons (Fsp3) is 0.400. The standard InChI is InChI=1S/C25H31NO4/c1-28-23-14-8-20(18-24(23)29-2)9-15-25(27)26-21-10-12-22(13-11-21)30-17-16-19-6-4-3-5-7-19/h8-15,18-19H,3-7,16-17H2,1-2H3,(H,26,27)/b15-9+. The second-order valence-electron chi connectivity index (χ2n) is 7.60. The molecular weight excluding hydrogens is 378 g/mol. The van der Waals surface area contributed by atoms with Crippen molar-refractivity contribution in [2.45, 2.75) is 38.5 Å². The van der Waals surface area contributed by atoms with Crippen molar-refractivity contribution in [1.29, 1.82) is 0 Å². The first-order valence-electron chi connectivity index (χ1n) is 10.6. The molecule has 3 rings (SSSR count). The highest BCUT2D eigenvalue weighted by Gasteiger charge is 2.13. The Kier molecular flexibility index (Phi) is 8.19. The van der Waals surface area contributed by atoms with Crippen LogP contribution >= 0.6 is 0 Å². The van der Waals surface area contributed by atoms with Crippen LogP contribution < -0.4 is 19.5 Å². The topological polar surface area (TPSA) is 56.8 Å². The van der Waals surface area contributed by atoms with E-state index in [1.165, 1.54) is 38.2 Å². The number of methoxy groups -OCH3 is 2. The summed E-state index contributed by atoms with van der Waals surface area (Å²) in [6.07, 6.45) is 11.1. The van der Waals surface area contributed by atoms with Crippen LogP contribution in [0.5, 0.6) is 17.2 Å². The van der Waals surface area contributed by atoms with Gasteiger partial charge in [-0.25, -0.2) is 0 Å². The van der Waals surface area contributed by atoms with Gasteiger partial charge in [0.25, 0.3) is 0 Å². The smallest absolute Gasteiger partial charge is 0.248 e. The molecule has 0 radical (unpaired) electrons. The van der Waals surface area contributed by atoms with Crippen molar-refractivity contribution in [2.24, 2.45) is 5.92 Å². The van der Waals surface area contributed by atoms with Gasteiger partial charge in [-0.2, -0.15) is 0 Å². The lowest BCUT2D eigenvalue weighted by Crippen LogP contribution is -2.11. The summed E-state index contributed by atoms with van der Waals surface area (Å²) >= 11 is 0. The lowest BCUT2D eigenvalue weighted by molar-refractivity contribution is -0.111. The highest BCUT2D eigenvalue weighted by molar-refractivity contribution is 6.01. The molecule has 1 aliphatic rings. The van der Waals surface area contributed by atoms with E-state index in [2.05, 4.69) is 5.32 Å². The average molecular weight is 410 g/mol. The Morgan fingerprint density at radius 2 is 1.73 bits per heavy atom. The number of anilines is 1. The highest BCUT2D eigenvalue weighted by atomic mass is 16.5. The molecule has 1 fully saturated rings. The van der Waals surface area contributed by atoms with Gasteiger partial charge in [-0.3, -0.25) is 4.79 Å². The number of carbonyl (C=O) groups excluding carboxylic acids is 1. The zero-order valence-corrected chi connectivity index (χ0v) is 17.9. The summed E-state index contributed by atoms with van der Waals surface area (Å²) in [5.74, 6) is 2.73. The quantitative estimate of drug-likeness (QED) is 0.539. The van der Waals surface area contributed by atoms with E-state index in [4.69, 9.17) is 14.2 Å². The molecule has 2 aromatic rings. The van der Waals surface area contributed by atoms with E-state index < -0.39 is 0 Å². The molecule has 0 saturated heterocycles. The summed E-state index contributed by atoms with van der Waals surface area (Å²) in [6.45, 7) is 0.754. The molecule has 1 amide bonds. The summed E-state index contributed by atoms with van der Waals surface area (Å²) in [7, 11) is 3.18. The van der Waals surface area contributed by atoms with E-state index in [-0.39, 0.29) is 5.91 Å². The Hall–Kier alpha value is -2.95. The molecule has 2 aromatic carbocycles. The first-order valence-corrected chi connectivity index (χ1v) is 10.6. The molecule has 0 heterocycles. The molecule has 0 aromatic heterocycles. The predicted octanol–water partition coefficient (Wildman–Crippen LogP) is 5.70. The summed E-state index contributed by atoms with van der Waals surface area (Å²) in [5.41, 5.74) is 1.58. The Bertz CT molecular complexity index is 839. The highest BCUT2D eigenvalue weighted by Crippen LogP contribution is 2.28. The third-order valence-electron chi connectivity index (χ3n) is 5.48. The molecule has 160 valence electrons. The van der Waals surface area contributed by atoms with Gasteiger partial charge in [-0.1, -0.05) is 38.2 Å². The monoisotopic (exact) mass is 409 g/mol. The normalized spacial score (nSPS) is 14.5. The molecule has 1 N–H and O–H groups in total. The Balaban J connectivity index is 1.46. The van der Waals surface area contributed by atoms with Crippen molar-refractivity contribution in [1.82, 2.24) is 0 Å². The third-order valence-corrected chi connectivity index (χ3v) is 5.48. The van der Waals surface area contributed by atoms with E-state index in [9.17, 15) is 4.79 Å². The van der Waals surface area contributed by atoms with Gasteiger partial charge in [-0.15, -0.1) is 0 Å². The van der Waals surface area contributed by atoms with Crippen molar-refractivity contribution in [3.63, 3.8) is 0 Å². The van der Waals surface area contributed by atoms with E-state index in [0.29, 0.717) is 11.5 Å². The second kappa shape index (κ2) is 11.3. The zero-order valence-electron chi connectivity index (χ0n) is 17.9. The summed E-state index contributed by atoms with van der Waals surface area (Å²) in [6, 6.07) is 13.0. The van der Waals surface area contributed by atoms with Gasteiger partial charge < -0.3 is 19.5 Å². The van der Waals surface area contributed by atoms with Gasteiger partial charge in [0, 0.05) is 11.8 Å². The Morgan fingerprint density at radius 3 is 2.43 bits per heavy atom. The Labute approximate surface area is 179 Å². The molecule has 0 spiro atoms. The lowest BCUT2D eigenvalue weighted by atomic mass is 9.87. The van der Waals surface area contributed by atoms with Gasteiger partial charge in [0.05, 0.1) is 20.8 Å². The van der Waals surface area contributed by atoms with Crippen LogP contribution in [0.25, 0.3) is 6.08 Å². The SMILES string of the molecule is COc1ccc(/C=C/C(=O)Nc2ccc(OCCC3CCCCC3)cc2)cc1OC. The van der Waals surface area contributed by atoms with Crippen LogP contribution in [-0.2, 0) is 4.79 Å². The predicted molar refractivity (Wildman–Crippen MR) is 120 cm³/mol. The molecule has 0 atom stereocenters. The van der Waals surface area contributed by atoms with Crippen molar-refractivity contribution >= 4 is 17.7 Å². The minimum Gasteiger partial charge on any atom is -0.494 e. The largest absolute Gasteiger partial charge is 0.494 e. The number of ether oxygens (including phenoxy) is 3. The van der Waals surface area contributed by atoms with Crippen LogP contribution in [-0.4, -0.2) is 26.7 Å². The molecular formula is C25H31NO4. The van der Waals surface area contributed by atoms with E-state index in [1.54, 1.807) is 20.3 Å². The number of nitrogens with one attached hydrogen (secondary N) is 1. The van der Waals surface area contributed by atoms with Gasteiger partial charge in [-0.05, 0) is 60.4 Å². The zero-order chi connectivity index (χ0) is 21.2. The van der Waals surface area contributed by atoms with Crippen molar-refractivity contribution in [2.75, 3.05) is 26.1 Å². The van der Waals surface area contributed by atoms with Crippen LogP contribution in [0.3, 0.4) is 0 Å². The van der Waals surface area contributed by atoms with Gasteiger partial charge in [0.1, 0.15) is 5.75 Å². The van der Waals surface area contributed by atoms with Crippen LogP contribution in [0.15, 0.2) is 48.5 Å². The number of hydrogen-bond acceptors (Lipinski definition) is 4. The van der Waals surface area contributed by atoms with E-state index in [1.807, 2.05) is 42.5 Å². The minimum absolute atomic E-state index is 0.198. The number of rotatable bonds is 9. The fourth-order valence-electron chi connectivity index (χ4n) is 3.77. The maximum absolute atomic E-state index is 12.2. The van der Waals surface area contributed by atoms with Crippen LogP contribution in [0.4, 0.5) is 5.69 Å². The number of amides is 1. The number of hydrogen-bond donors (Lipinski definition) is 1. The lowest BCUT2D eigenvalue weighted by Gasteiger charge is -2.21. The van der Waals surface area contributed by atoms with Crippen LogP contribution in [0.1, 0.15) is 44.1 Å². The maximum Gasteiger partial charge on any atom is 0.248 e. The third kappa shape index (κ3) is 6.55. The molecule has 5 heteroatoms. The number of benzene rings is 2. The van der Waals surface area contributed by atoms with E-state index in [0.717, 1.165) is 35.9 Å². The first-order chi connectivity index (χ1) is 14.7. The van der Waals surface area contributed by atoms with E-state index >= 15 is 0 Å². The molecule has 0 unspecified atom stereocenters. The van der Waals surface area contributed by atoms with Crippen LogP contribution in [0.2, 0.25) is 0 Å². The fourth-order valence-corrected chi connectivity index (χ4v) is 3.77. The minimum atomic E-state index is -0.198. The second-order valence-corrected chi connectivity index (χ2v) is 7.60. The van der Waals surface area contributed by atoms with Gasteiger partial charge in [0.15, 0.2) is 11.5 Å². The number of carbonyl (C=O) groups is 1. The van der Waals surface area contributed by atoms with Crippen molar-refractivity contribution in [3.05, 3.63) is 54.1 Å². The first kappa shape index (κ1) is 21.8. The summed E-state index contributed by atoms with van der Waals surface area (Å²) < 4.78 is 16.4.